The highest BCUT2D eigenvalue weighted by Crippen LogP contribution is 2.32. The lowest BCUT2D eigenvalue weighted by molar-refractivity contribution is 0.0978. The average Bonchev–Trinajstić information content (AvgIpc) is 3.06. The van der Waals surface area contributed by atoms with Crippen LogP contribution in [0.25, 0.3) is 0 Å². The molecule has 0 aliphatic heterocycles. The molecule has 1 heterocycles. The molecular formula is C19H10ClNO3S. The van der Waals surface area contributed by atoms with E-state index in [1.165, 1.54) is 0 Å². The first-order chi connectivity index (χ1) is 12.1. The third kappa shape index (κ3) is 2.58. The molecule has 0 fully saturated rings. The molecule has 4 rings (SSSR count). The Morgan fingerprint density at radius 2 is 1.52 bits per heavy atom. The quantitative estimate of drug-likeness (QED) is 0.570. The maximum atomic E-state index is 12.9. The highest BCUT2D eigenvalue weighted by molar-refractivity contribution is 7.18. The molecule has 0 unspecified atom stereocenters. The summed E-state index contributed by atoms with van der Waals surface area (Å²) in [5.41, 5.74) is 1.57. The van der Waals surface area contributed by atoms with Gasteiger partial charge in [-0.1, -0.05) is 48.0 Å². The van der Waals surface area contributed by atoms with E-state index in [-0.39, 0.29) is 23.0 Å². The molecule has 1 N–H and O–H groups in total. The van der Waals surface area contributed by atoms with Crippen molar-refractivity contribution in [2.24, 2.45) is 0 Å². The zero-order chi connectivity index (χ0) is 17.6. The van der Waals surface area contributed by atoms with E-state index in [1.807, 2.05) is 0 Å². The van der Waals surface area contributed by atoms with E-state index >= 15 is 0 Å². The van der Waals surface area contributed by atoms with E-state index in [2.05, 4.69) is 5.32 Å². The second kappa shape index (κ2) is 5.95. The second-order valence-electron chi connectivity index (χ2n) is 5.49. The molecule has 6 heteroatoms. The van der Waals surface area contributed by atoms with Crippen LogP contribution in [0.3, 0.4) is 0 Å². The predicted molar refractivity (Wildman–Crippen MR) is 97.0 cm³/mol. The molecule has 0 bridgehead atoms. The summed E-state index contributed by atoms with van der Waals surface area (Å²) in [6.07, 6.45) is 0. The van der Waals surface area contributed by atoms with E-state index in [4.69, 9.17) is 11.6 Å². The second-order valence-corrected chi connectivity index (χ2v) is 7.20. The third-order valence-corrected chi connectivity index (χ3v) is 5.23. The molecule has 0 atom stereocenters. The van der Waals surface area contributed by atoms with Gasteiger partial charge in [-0.2, -0.15) is 0 Å². The fourth-order valence-corrected chi connectivity index (χ4v) is 3.81. The molecule has 1 aliphatic carbocycles. The zero-order valence-corrected chi connectivity index (χ0v) is 14.3. The number of thiophene rings is 1. The van der Waals surface area contributed by atoms with Crippen LogP contribution in [-0.2, 0) is 0 Å². The Bertz CT molecular complexity index is 1050. The molecule has 122 valence electrons. The number of rotatable bonds is 2. The van der Waals surface area contributed by atoms with Crippen molar-refractivity contribution in [3.8, 4) is 0 Å². The first-order valence-electron chi connectivity index (χ1n) is 7.44. The molecule has 25 heavy (non-hydrogen) atoms. The summed E-state index contributed by atoms with van der Waals surface area (Å²) in [6.45, 7) is 0. The van der Waals surface area contributed by atoms with E-state index in [0.29, 0.717) is 31.6 Å². The van der Waals surface area contributed by atoms with Gasteiger partial charge in [-0.25, -0.2) is 0 Å². The van der Waals surface area contributed by atoms with Crippen LogP contribution >= 0.6 is 22.9 Å². The number of nitrogens with one attached hydrogen (secondary N) is 1. The number of ketones is 2. The van der Waals surface area contributed by atoms with Gasteiger partial charge < -0.3 is 5.32 Å². The topological polar surface area (TPSA) is 63.2 Å². The SMILES string of the molecule is O=C(Nc1cccc2c1C(=O)c1ccccc1C2=O)c1ccc(Cl)s1. The minimum atomic E-state index is -0.371. The molecule has 0 saturated carbocycles. The Kier molecular flexibility index (Phi) is 3.75. The maximum Gasteiger partial charge on any atom is 0.265 e. The predicted octanol–water partition coefficient (Wildman–Crippen LogP) is 4.43. The number of halogens is 1. The van der Waals surface area contributed by atoms with Crippen molar-refractivity contribution in [1.29, 1.82) is 0 Å². The van der Waals surface area contributed by atoms with Crippen LogP contribution in [0.5, 0.6) is 0 Å². The summed E-state index contributed by atoms with van der Waals surface area (Å²) in [5.74, 6) is -0.866. The molecule has 3 aromatic rings. The molecule has 0 saturated heterocycles. The highest BCUT2D eigenvalue weighted by Gasteiger charge is 2.31. The van der Waals surface area contributed by atoms with Gasteiger partial charge in [0.2, 0.25) is 0 Å². The zero-order valence-electron chi connectivity index (χ0n) is 12.7. The van der Waals surface area contributed by atoms with E-state index < -0.39 is 0 Å². The lowest BCUT2D eigenvalue weighted by atomic mass is 9.83. The van der Waals surface area contributed by atoms with E-state index in [9.17, 15) is 14.4 Å². The lowest BCUT2D eigenvalue weighted by Gasteiger charge is -2.20. The van der Waals surface area contributed by atoms with Gasteiger partial charge in [0, 0.05) is 16.7 Å². The van der Waals surface area contributed by atoms with Crippen LogP contribution in [0.4, 0.5) is 5.69 Å². The number of benzene rings is 2. The van der Waals surface area contributed by atoms with Crippen LogP contribution in [0.2, 0.25) is 4.34 Å². The van der Waals surface area contributed by atoms with Gasteiger partial charge in [-0.3, -0.25) is 14.4 Å². The molecule has 1 aromatic heterocycles. The summed E-state index contributed by atoms with van der Waals surface area (Å²) in [7, 11) is 0. The Balaban J connectivity index is 1.78. The average molecular weight is 368 g/mol. The van der Waals surface area contributed by atoms with Crippen molar-refractivity contribution in [3.63, 3.8) is 0 Å². The van der Waals surface area contributed by atoms with Gasteiger partial charge in [0.15, 0.2) is 11.6 Å². The lowest BCUT2D eigenvalue weighted by Crippen LogP contribution is -2.23. The normalized spacial score (nSPS) is 12.5. The summed E-state index contributed by atoms with van der Waals surface area (Å²) in [4.78, 5) is 38.4. The number of hydrogen-bond acceptors (Lipinski definition) is 4. The van der Waals surface area contributed by atoms with Gasteiger partial charge >= 0.3 is 0 Å². The summed E-state index contributed by atoms with van der Waals surface area (Å²) >= 11 is 7.00. The first kappa shape index (κ1) is 15.7. The summed E-state index contributed by atoms with van der Waals surface area (Å²) in [6, 6.07) is 14.8. The van der Waals surface area contributed by atoms with Crippen molar-refractivity contribution < 1.29 is 14.4 Å². The van der Waals surface area contributed by atoms with Crippen LogP contribution in [0.15, 0.2) is 54.6 Å². The number of fused-ring (bicyclic) bond motifs is 2. The Labute approximate surface area is 152 Å². The fourth-order valence-electron chi connectivity index (χ4n) is 2.87. The smallest absolute Gasteiger partial charge is 0.265 e. The molecule has 1 aliphatic rings. The van der Waals surface area contributed by atoms with Crippen molar-refractivity contribution in [2.45, 2.75) is 0 Å². The Hall–Kier alpha value is -2.76. The van der Waals surface area contributed by atoms with E-state index in [1.54, 1.807) is 54.6 Å². The molecule has 4 nitrogen and oxygen atoms in total. The van der Waals surface area contributed by atoms with Gasteiger partial charge in [0.05, 0.1) is 20.5 Å². The number of hydrogen-bond donors (Lipinski definition) is 1. The minimum Gasteiger partial charge on any atom is -0.321 e. The maximum absolute atomic E-state index is 12.9. The van der Waals surface area contributed by atoms with Crippen molar-refractivity contribution in [2.75, 3.05) is 5.32 Å². The molecule has 1 amide bonds. The Morgan fingerprint density at radius 1 is 0.840 bits per heavy atom. The van der Waals surface area contributed by atoms with Crippen molar-refractivity contribution in [1.82, 2.24) is 0 Å². The van der Waals surface area contributed by atoms with Crippen molar-refractivity contribution >= 4 is 46.1 Å². The third-order valence-electron chi connectivity index (χ3n) is 4.00. The number of anilines is 1. The summed E-state index contributed by atoms with van der Waals surface area (Å²) < 4.78 is 0.500. The summed E-state index contributed by atoms with van der Waals surface area (Å²) in [5, 5.41) is 2.72. The monoisotopic (exact) mass is 367 g/mol. The van der Waals surface area contributed by atoms with E-state index in [0.717, 1.165) is 11.3 Å². The molecule has 0 radical (unpaired) electrons. The first-order valence-corrected chi connectivity index (χ1v) is 8.64. The van der Waals surface area contributed by atoms with Crippen LogP contribution in [0.1, 0.15) is 41.5 Å². The van der Waals surface area contributed by atoms with Crippen LogP contribution in [0, 0.1) is 0 Å². The molecule has 0 spiro atoms. The molecule has 2 aromatic carbocycles. The van der Waals surface area contributed by atoms with Gasteiger partial charge in [0.25, 0.3) is 5.91 Å². The van der Waals surface area contributed by atoms with Crippen LogP contribution < -0.4 is 5.32 Å². The number of amides is 1. The largest absolute Gasteiger partial charge is 0.321 e. The number of carbonyl (C=O) groups is 3. The Morgan fingerprint density at radius 3 is 2.20 bits per heavy atom. The highest BCUT2D eigenvalue weighted by atomic mass is 35.5. The fraction of sp³-hybridized carbons (Fsp3) is 0. The standard InChI is InChI=1S/C19H10ClNO3S/c20-15-9-8-14(25-15)19(24)21-13-7-3-6-12-16(13)18(23)11-5-2-1-4-10(11)17(12)22/h1-9H,(H,21,24). The van der Waals surface area contributed by atoms with Gasteiger partial charge in [-0.15, -0.1) is 11.3 Å². The van der Waals surface area contributed by atoms with Gasteiger partial charge in [0.1, 0.15) is 0 Å². The van der Waals surface area contributed by atoms with Crippen molar-refractivity contribution in [3.05, 3.63) is 86.1 Å². The molecular weight excluding hydrogens is 358 g/mol. The number of carbonyl (C=O) groups excluding carboxylic acids is 3. The van der Waals surface area contributed by atoms with Gasteiger partial charge in [-0.05, 0) is 18.2 Å². The van der Waals surface area contributed by atoms with Crippen LogP contribution in [-0.4, -0.2) is 17.5 Å². The minimum absolute atomic E-state index is 0.222.